The zero-order chi connectivity index (χ0) is 23.6. The van der Waals surface area contributed by atoms with Gasteiger partial charge in [0.1, 0.15) is 0 Å². The number of halogens is 1. The molecule has 1 aliphatic rings. The van der Waals surface area contributed by atoms with Crippen molar-refractivity contribution in [2.24, 2.45) is 0 Å². The normalized spacial score (nSPS) is 18.7. The average Bonchev–Trinajstić information content (AvgIpc) is 2.80. The van der Waals surface area contributed by atoms with Crippen LogP contribution in [0.2, 0.25) is 5.02 Å². The van der Waals surface area contributed by atoms with Crippen molar-refractivity contribution >= 4 is 38.8 Å². The van der Waals surface area contributed by atoms with Gasteiger partial charge in [0.15, 0.2) is 5.78 Å². The maximum absolute atomic E-state index is 13.1. The molecule has 2 aromatic carbocycles. The summed E-state index contributed by atoms with van der Waals surface area (Å²) in [7, 11) is -3.93. The van der Waals surface area contributed by atoms with Crippen LogP contribution in [0.15, 0.2) is 71.9 Å². The molecule has 7 nitrogen and oxygen atoms in total. The van der Waals surface area contributed by atoms with Crippen LogP contribution in [0.5, 0.6) is 0 Å². The Morgan fingerprint density at radius 1 is 1.03 bits per heavy atom. The van der Waals surface area contributed by atoms with Gasteiger partial charge in [-0.2, -0.15) is 0 Å². The predicted molar refractivity (Wildman–Crippen MR) is 129 cm³/mol. The second-order valence-electron chi connectivity index (χ2n) is 8.02. The number of hydrogen-bond acceptors (Lipinski definition) is 6. The van der Waals surface area contributed by atoms with E-state index in [1.807, 2.05) is 13.8 Å². The van der Waals surface area contributed by atoms with E-state index in [0.717, 1.165) is 18.8 Å². The standard InChI is InChI=1S/C24H24ClN3O4S/c1-16-14-28(15-17(2)32-16)20-4-6-21(7-5-20)33(30,31)27-23-8-3-19(25)13-22(23)24(29)18-9-11-26-12-10-18/h3-13,16-17,27H,14-15H2,1-2H3/t16-,17+. The molecule has 4 rings (SSSR count). The fraction of sp³-hybridized carbons (Fsp3) is 0.250. The lowest BCUT2D eigenvalue weighted by Crippen LogP contribution is -2.45. The molecule has 9 heteroatoms. The predicted octanol–water partition coefficient (Wildman–Crippen LogP) is 4.38. The number of nitrogens with zero attached hydrogens (tertiary/aromatic N) is 2. The van der Waals surface area contributed by atoms with Gasteiger partial charge in [0, 0.05) is 47.3 Å². The van der Waals surface area contributed by atoms with Gasteiger partial charge in [0.2, 0.25) is 0 Å². The molecular formula is C24H24ClN3O4S. The van der Waals surface area contributed by atoms with Crippen molar-refractivity contribution in [1.29, 1.82) is 0 Å². The van der Waals surface area contributed by atoms with E-state index >= 15 is 0 Å². The second-order valence-corrected chi connectivity index (χ2v) is 10.1. The van der Waals surface area contributed by atoms with Crippen LogP contribution in [0.1, 0.15) is 29.8 Å². The van der Waals surface area contributed by atoms with E-state index < -0.39 is 10.0 Å². The highest BCUT2D eigenvalue weighted by molar-refractivity contribution is 7.92. The largest absolute Gasteiger partial charge is 0.372 e. The minimum atomic E-state index is -3.93. The Bertz CT molecular complexity index is 1240. The number of benzene rings is 2. The van der Waals surface area contributed by atoms with E-state index in [2.05, 4.69) is 14.6 Å². The summed E-state index contributed by atoms with van der Waals surface area (Å²) in [5, 5.41) is 0.327. The van der Waals surface area contributed by atoms with E-state index in [-0.39, 0.29) is 34.1 Å². The monoisotopic (exact) mass is 485 g/mol. The Balaban J connectivity index is 1.59. The van der Waals surface area contributed by atoms with Crippen molar-refractivity contribution in [3.05, 3.63) is 83.1 Å². The first-order valence-electron chi connectivity index (χ1n) is 10.5. The van der Waals surface area contributed by atoms with Crippen LogP contribution >= 0.6 is 11.6 Å². The van der Waals surface area contributed by atoms with Gasteiger partial charge in [0.25, 0.3) is 10.0 Å². The molecule has 3 aromatic rings. The molecular weight excluding hydrogens is 462 g/mol. The Morgan fingerprint density at radius 3 is 2.30 bits per heavy atom. The number of sulfonamides is 1. The molecule has 0 aliphatic carbocycles. The van der Waals surface area contributed by atoms with Gasteiger partial charge in [0.05, 0.1) is 22.8 Å². The Kier molecular flexibility index (Phi) is 6.69. The number of carbonyl (C=O) groups excluding carboxylic acids is 1. The summed E-state index contributed by atoms with van der Waals surface area (Å²) in [4.78, 5) is 19.2. The highest BCUT2D eigenvalue weighted by Crippen LogP contribution is 2.27. The number of carbonyl (C=O) groups is 1. The van der Waals surface area contributed by atoms with Crippen molar-refractivity contribution in [2.45, 2.75) is 31.0 Å². The third-order valence-electron chi connectivity index (χ3n) is 5.34. The van der Waals surface area contributed by atoms with Gasteiger partial charge in [-0.15, -0.1) is 0 Å². The number of anilines is 2. The molecule has 1 aromatic heterocycles. The molecule has 1 fully saturated rings. The minimum Gasteiger partial charge on any atom is -0.372 e. The van der Waals surface area contributed by atoms with Crippen LogP contribution in [0.3, 0.4) is 0 Å². The van der Waals surface area contributed by atoms with Gasteiger partial charge in [-0.05, 0) is 68.4 Å². The van der Waals surface area contributed by atoms with E-state index in [1.165, 1.54) is 30.6 Å². The zero-order valence-corrected chi connectivity index (χ0v) is 19.8. The van der Waals surface area contributed by atoms with Crippen molar-refractivity contribution in [3.63, 3.8) is 0 Å². The number of rotatable bonds is 6. The van der Waals surface area contributed by atoms with E-state index in [4.69, 9.17) is 16.3 Å². The lowest BCUT2D eigenvalue weighted by molar-refractivity contribution is -0.00522. The molecule has 1 N–H and O–H groups in total. The number of aromatic nitrogens is 1. The first-order valence-corrected chi connectivity index (χ1v) is 12.4. The highest BCUT2D eigenvalue weighted by atomic mass is 35.5. The number of pyridine rings is 1. The number of morpholine rings is 1. The van der Waals surface area contributed by atoms with E-state index in [9.17, 15) is 13.2 Å². The van der Waals surface area contributed by atoms with Gasteiger partial charge in [-0.25, -0.2) is 8.42 Å². The van der Waals surface area contributed by atoms with Crippen molar-refractivity contribution in [3.8, 4) is 0 Å². The average molecular weight is 486 g/mol. The van der Waals surface area contributed by atoms with Crippen molar-refractivity contribution in [1.82, 2.24) is 4.98 Å². The van der Waals surface area contributed by atoms with Gasteiger partial charge in [-0.1, -0.05) is 11.6 Å². The lowest BCUT2D eigenvalue weighted by Gasteiger charge is -2.36. The molecule has 1 saturated heterocycles. The molecule has 1 aliphatic heterocycles. The molecule has 0 radical (unpaired) electrons. The van der Waals surface area contributed by atoms with Crippen LogP contribution in [-0.4, -0.2) is 44.5 Å². The smallest absolute Gasteiger partial charge is 0.261 e. The van der Waals surface area contributed by atoms with Crippen LogP contribution in [0.25, 0.3) is 0 Å². The molecule has 0 bridgehead atoms. The molecule has 33 heavy (non-hydrogen) atoms. The SMILES string of the molecule is C[C@@H]1CN(c2ccc(S(=O)(=O)Nc3ccc(Cl)cc3C(=O)c3ccncc3)cc2)C[C@H](C)O1. The number of hydrogen-bond donors (Lipinski definition) is 1. The summed E-state index contributed by atoms with van der Waals surface area (Å²) >= 11 is 6.09. The summed E-state index contributed by atoms with van der Waals surface area (Å²) in [6.45, 7) is 5.50. The van der Waals surface area contributed by atoms with Crippen LogP contribution in [0.4, 0.5) is 11.4 Å². The Morgan fingerprint density at radius 2 is 1.67 bits per heavy atom. The van der Waals surface area contributed by atoms with Crippen LogP contribution < -0.4 is 9.62 Å². The fourth-order valence-corrected chi connectivity index (χ4v) is 5.13. The van der Waals surface area contributed by atoms with E-state index in [1.54, 1.807) is 36.4 Å². The number of nitrogens with one attached hydrogen (secondary N) is 1. The Labute approximate surface area is 198 Å². The highest BCUT2D eigenvalue weighted by Gasteiger charge is 2.24. The lowest BCUT2D eigenvalue weighted by atomic mass is 10.0. The van der Waals surface area contributed by atoms with Crippen molar-refractivity contribution in [2.75, 3.05) is 22.7 Å². The second kappa shape index (κ2) is 9.51. The molecule has 172 valence electrons. The van der Waals surface area contributed by atoms with Gasteiger partial charge >= 0.3 is 0 Å². The summed E-state index contributed by atoms with van der Waals surface area (Å²) < 4.78 is 34.5. The third kappa shape index (κ3) is 5.35. The molecule has 0 spiro atoms. The van der Waals surface area contributed by atoms with Gasteiger partial charge in [-0.3, -0.25) is 14.5 Å². The Hall–Kier alpha value is -2.94. The maximum Gasteiger partial charge on any atom is 0.261 e. The molecule has 0 saturated carbocycles. The first-order chi connectivity index (χ1) is 15.7. The van der Waals surface area contributed by atoms with Crippen LogP contribution in [0, 0.1) is 0 Å². The summed E-state index contributed by atoms with van der Waals surface area (Å²) in [5.74, 6) is -0.358. The summed E-state index contributed by atoms with van der Waals surface area (Å²) in [6.07, 6.45) is 3.19. The van der Waals surface area contributed by atoms with Crippen LogP contribution in [-0.2, 0) is 14.8 Å². The minimum absolute atomic E-state index is 0.0952. The number of ether oxygens (including phenoxy) is 1. The zero-order valence-electron chi connectivity index (χ0n) is 18.2. The summed E-state index contributed by atoms with van der Waals surface area (Å²) in [5.41, 5.74) is 1.62. The first kappa shape index (κ1) is 23.2. The molecule has 2 atom stereocenters. The fourth-order valence-electron chi connectivity index (χ4n) is 3.88. The quantitative estimate of drug-likeness (QED) is 0.521. The van der Waals surface area contributed by atoms with Gasteiger partial charge < -0.3 is 9.64 Å². The maximum atomic E-state index is 13.1. The number of ketones is 1. The topological polar surface area (TPSA) is 88.6 Å². The molecule has 0 unspecified atom stereocenters. The van der Waals surface area contributed by atoms with Crippen molar-refractivity contribution < 1.29 is 17.9 Å². The third-order valence-corrected chi connectivity index (χ3v) is 6.96. The molecule has 2 heterocycles. The summed E-state index contributed by atoms with van der Waals surface area (Å²) in [6, 6.07) is 14.3. The molecule has 0 amide bonds. The van der Waals surface area contributed by atoms with E-state index in [0.29, 0.717) is 10.6 Å².